The van der Waals surface area contributed by atoms with Gasteiger partial charge in [0.15, 0.2) is 0 Å². The second-order valence-electron chi connectivity index (χ2n) is 2.95. The lowest BCUT2D eigenvalue weighted by molar-refractivity contribution is 0.0521. The molecule has 1 aromatic carbocycles. The predicted octanol–water partition coefficient (Wildman–Crippen LogP) is 1.99. The summed E-state index contributed by atoms with van der Waals surface area (Å²) in [5.74, 6) is -0.546. The molecule has 0 saturated carbocycles. The van der Waals surface area contributed by atoms with Crippen LogP contribution in [0.5, 0.6) is 0 Å². The smallest absolute Gasteiger partial charge is 0.339 e. The molecule has 0 atom stereocenters. The van der Waals surface area contributed by atoms with Gasteiger partial charge in [0.1, 0.15) is 6.07 Å². The summed E-state index contributed by atoms with van der Waals surface area (Å²) < 4.78 is 5.22. The Hall–Kier alpha value is -1.38. The van der Waals surface area contributed by atoms with Crippen molar-refractivity contribution in [2.75, 3.05) is 6.61 Å². The van der Waals surface area contributed by atoms with E-state index in [9.17, 15) is 4.79 Å². The first kappa shape index (κ1) is 12.7. The molecule has 84 valence electrons. The van der Waals surface area contributed by atoms with Gasteiger partial charge in [-0.2, -0.15) is 5.26 Å². The second kappa shape index (κ2) is 5.64. The molecule has 1 N–H and O–H groups in total. The molecule has 0 aliphatic rings. The highest BCUT2D eigenvalue weighted by Gasteiger charge is 2.18. The zero-order valence-electron chi connectivity index (χ0n) is 8.66. The summed E-state index contributed by atoms with van der Waals surface area (Å²) in [6.45, 7) is 1.66. The number of aliphatic hydroxyl groups is 1. The van der Waals surface area contributed by atoms with Crippen LogP contribution in [-0.2, 0) is 11.3 Å². The Bertz CT molecular complexity index is 451. The van der Waals surface area contributed by atoms with Crippen LogP contribution in [0.25, 0.3) is 0 Å². The minimum atomic E-state index is -0.546. The molecule has 0 spiro atoms. The van der Waals surface area contributed by atoms with E-state index in [1.807, 2.05) is 6.07 Å². The van der Waals surface area contributed by atoms with E-state index in [4.69, 9.17) is 15.1 Å². The number of halogens is 1. The molecule has 0 aliphatic carbocycles. The number of rotatable bonds is 3. The summed E-state index contributed by atoms with van der Waals surface area (Å²) in [5.41, 5.74) is 0.980. The van der Waals surface area contributed by atoms with E-state index in [0.29, 0.717) is 15.6 Å². The van der Waals surface area contributed by atoms with Crippen molar-refractivity contribution in [3.63, 3.8) is 0 Å². The minimum Gasteiger partial charge on any atom is -0.462 e. The first-order chi connectivity index (χ1) is 7.65. The number of ether oxygens (including phenoxy) is 1. The summed E-state index contributed by atoms with van der Waals surface area (Å²) in [5, 5.41) is 17.9. The summed E-state index contributed by atoms with van der Waals surface area (Å²) in [4.78, 5) is 11.6. The molecule has 0 unspecified atom stereocenters. The summed E-state index contributed by atoms with van der Waals surface area (Å²) >= 11 is 3.17. The molecule has 5 heteroatoms. The molecule has 0 amide bonds. The molecule has 1 aromatic rings. The highest BCUT2D eigenvalue weighted by atomic mass is 79.9. The van der Waals surface area contributed by atoms with Gasteiger partial charge in [-0.25, -0.2) is 4.79 Å². The van der Waals surface area contributed by atoms with Crippen LogP contribution < -0.4 is 0 Å². The number of esters is 1. The van der Waals surface area contributed by atoms with Gasteiger partial charge < -0.3 is 9.84 Å². The van der Waals surface area contributed by atoms with Gasteiger partial charge in [0.25, 0.3) is 0 Å². The third kappa shape index (κ3) is 2.40. The number of benzene rings is 1. The van der Waals surface area contributed by atoms with Crippen LogP contribution in [-0.4, -0.2) is 17.7 Å². The Morgan fingerprint density at radius 3 is 2.81 bits per heavy atom. The monoisotopic (exact) mass is 283 g/mol. The molecule has 4 nitrogen and oxygen atoms in total. The van der Waals surface area contributed by atoms with E-state index in [2.05, 4.69) is 15.9 Å². The SMILES string of the molecule is CCOC(=O)c1c(CO)ccc(C#N)c1Br. The van der Waals surface area contributed by atoms with E-state index in [0.717, 1.165) is 0 Å². The van der Waals surface area contributed by atoms with Crippen LogP contribution >= 0.6 is 15.9 Å². The van der Waals surface area contributed by atoms with Gasteiger partial charge in [0.2, 0.25) is 0 Å². The molecule has 16 heavy (non-hydrogen) atoms. The average molecular weight is 284 g/mol. The van der Waals surface area contributed by atoms with E-state index in [1.165, 1.54) is 6.07 Å². The van der Waals surface area contributed by atoms with Crippen molar-refractivity contribution < 1.29 is 14.6 Å². The number of hydrogen-bond acceptors (Lipinski definition) is 4. The zero-order chi connectivity index (χ0) is 12.1. The molecule has 0 saturated heterocycles. The number of nitriles is 1. The van der Waals surface area contributed by atoms with E-state index >= 15 is 0 Å². The third-order valence-corrected chi connectivity index (χ3v) is 2.82. The second-order valence-corrected chi connectivity index (χ2v) is 3.74. The van der Waals surface area contributed by atoms with Crippen molar-refractivity contribution in [1.82, 2.24) is 0 Å². The molecule has 0 heterocycles. The van der Waals surface area contributed by atoms with E-state index in [1.54, 1.807) is 13.0 Å². The highest BCUT2D eigenvalue weighted by Crippen LogP contribution is 2.25. The van der Waals surface area contributed by atoms with Crippen molar-refractivity contribution in [2.45, 2.75) is 13.5 Å². The first-order valence-electron chi connectivity index (χ1n) is 4.65. The first-order valence-corrected chi connectivity index (χ1v) is 5.44. The molecule has 0 fully saturated rings. The standard InChI is InChI=1S/C11H10BrNO3/c1-2-16-11(15)9-8(6-14)4-3-7(5-13)10(9)12/h3-4,14H,2,6H2,1H3. The number of carbonyl (C=O) groups is 1. The molecule has 0 aliphatic heterocycles. The fourth-order valence-electron chi connectivity index (χ4n) is 1.26. The maximum absolute atomic E-state index is 11.6. The summed E-state index contributed by atoms with van der Waals surface area (Å²) in [6, 6.07) is 5.02. The topological polar surface area (TPSA) is 70.3 Å². The van der Waals surface area contributed by atoms with Gasteiger partial charge in [-0.15, -0.1) is 0 Å². The number of carbonyl (C=O) groups excluding carboxylic acids is 1. The van der Waals surface area contributed by atoms with Crippen molar-refractivity contribution in [2.24, 2.45) is 0 Å². The Labute approximate surface area is 102 Å². The molecular formula is C11H10BrNO3. The lowest BCUT2D eigenvalue weighted by atomic mass is 10.0. The maximum Gasteiger partial charge on any atom is 0.339 e. The molecule has 0 bridgehead atoms. The van der Waals surface area contributed by atoms with Crippen LogP contribution in [0.4, 0.5) is 0 Å². The van der Waals surface area contributed by atoms with E-state index in [-0.39, 0.29) is 18.8 Å². The van der Waals surface area contributed by atoms with Gasteiger partial charge in [0.05, 0.1) is 28.8 Å². The number of nitrogens with zero attached hydrogens (tertiary/aromatic N) is 1. The normalized spacial score (nSPS) is 9.62. The molecular weight excluding hydrogens is 274 g/mol. The van der Waals surface area contributed by atoms with Crippen molar-refractivity contribution >= 4 is 21.9 Å². The average Bonchev–Trinajstić information content (AvgIpc) is 2.28. The van der Waals surface area contributed by atoms with Gasteiger partial charge >= 0.3 is 5.97 Å². The van der Waals surface area contributed by atoms with E-state index < -0.39 is 5.97 Å². The fraction of sp³-hybridized carbons (Fsp3) is 0.273. The van der Waals surface area contributed by atoms with Crippen LogP contribution in [0.1, 0.15) is 28.4 Å². The third-order valence-electron chi connectivity index (χ3n) is 2.00. The van der Waals surface area contributed by atoms with Crippen LogP contribution in [0.3, 0.4) is 0 Å². The van der Waals surface area contributed by atoms with Gasteiger partial charge in [0, 0.05) is 0 Å². The zero-order valence-corrected chi connectivity index (χ0v) is 10.2. The lowest BCUT2D eigenvalue weighted by Gasteiger charge is -2.09. The molecule has 1 rings (SSSR count). The Balaban J connectivity index is 3.33. The van der Waals surface area contributed by atoms with Crippen molar-refractivity contribution in [1.29, 1.82) is 5.26 Å². The Morgan fingerprint density at radius 1 is 1.62 bits per heavy atom. The predicted molar refractivity (Wildman–Crippen MR) is 60.7 cm³/mol. The van der Waals surface area contributed by atoms with Gasteiger partial charge in [-0.3, -0.25) is 0 Å². The summed E-state index contributed by atoms with van der Waals surface area (Å²) in [6.07, 6.45) is 0. The minimum absolute atomic E-state index is 0.211. The summed E-state index contributed by atoms with van der Waals surface area (Å²) in [7, 11) is 0. The maximum atomic E-state index is 11.6. The van der Waals surface area contributed by atoms with Crippen LogP contribution in [0.15, 0.2) is 16.6 Å². The van der Waals surface area contributed by atoms with Crippen LogP contribution in [0.2, 0.25) is 0 Å². The lowest BCUT2D eigenvalue weighted by Crippen LogP contribution is -2.10. The molecule has 0 aromatic heterocycles. The van der Waals surface area contributed by atoms with Crippen LogP contribution in [0, 0.1) is 11.3 Å². The van der Waals surface area contributed by atoms with Crippen molar-refractivity contribution in [3.05, 3.63) is 33.3 Å². The Kier molecular flexibility index (Phi) is 4.47. The fourth-order valence-corrected chi connectivity index (χ4v) is 1.90. The van der Waals surface area contributed by atoms with Gasteiger partial charge in [-0.1, -0.05) is 6.07 Å². The highest BCUT2D eigenvalue weighted by molar-refractivity contribution is 9.10. The molecule has 0 radical (unpaired) electrons. The largest absolute Gasteiger partial charge is 0.462 e. The van der Waals surface area contributed by atoms with Crippen molar-refractivity contribution in [3.8, 4) is 6.07 Å². The number of hydrogen-bond donors (Lipinski definition) is 1. The quantitative estimate of drug-likeness (QED) is 0.862. The van der Waals surface area contributed by atoms with Gasteiger partial charge in [-0.05, 0) is 34.5 Å². The Morgan fingerprint density at radius 2 is 2.31 bits per heavy atom. The number of aliphatic hydroxyl groups excluding tert-OH is 1.